The van der Waals surface area contributed by atoms with Crippen molar-refractivity contribution in [1.82, 2.24) is 0 Å². The molecule has 1 N–H and O–H groups in total. The lowest BCUT2D eigenvalue weighted by molar-refractivity contribution is -0.116. The second-order valence-electron chi connectivity index (χ2n) is 28.2. The van der Waals surface area contributed by atoms with Crippen molar-refractivity contribution in [1.29, 1.82) is 0 Å². The van der Waals surface area contributed by atoms with Gasteiger partial charge in [-0.2, -0.15) is 0 Å². The molecule has 3 aromatic carbocycles. The number of aliphatic hydroxyl groups is 1. The van der Waals surface area contributed by atoms with Gasteiger partial charge in [0.25, 0.3) is 8.32 Å². The van der Waals surface area contributed by atoms with Crippen LogP contribution in [0.15, 0.2) is 109 Å². The fourth-order valence-corrected chi connectivity index (χ4v) is 18.2. The first-order valence-electron chi connectivity index (χ1n) is 28.6. The van der Waals surface area contributed by atoms with Crippen LogP contribution in [0.1, 0.15) is 136 Å². The minimum absolute atomic E-state index is 0.00643. The summed E-state index contributed by atoms with van der Waals surface area (Å²) in [4.78, 5) is 0. The van der Waals surface area contributed by atoms with E-state index in [1.165, 1.54) is 10.4 Å². The Balaban J connectivity index is 1.68. The maximum atomic E-state index is 12.6. The highest BCUT2D eigenvalue weighted by Crippen LogP contribution is 2.44. The Kier molecular flexibility index (Phi) is 23.0. The Labute approximate surface area is 469 Å². The highest BCUT2D eigenvalue weighted by Gasteiger charge is 2.51. The van der Waals surface area contributed by atoms with Gasteiger partial charge in [-0.1, -0.05) is 195 Å². The fraction of sp³-hybridized carbons (Fsp3) is 0.656. The van der Waals surface area contributed by atoms with E-state index in [4.69, 9.17) is 31.9 Å². The number of benzene rings is 3. The number of rotatable bonds is 26. The number of methoxy groups -OCH3 is 1. The Bertz CT molecular complexity index is 2230. The molecule has 0 bridgehead atoms. The van der Waals surface area contributed by atoms with E-state index >= 15 is 0 Å². The topological polar surface area (TPSA) is 84.8 Å². The average Bonchev–Trinajstić information content (AvgIpc) is 3.69. The number of ether oxygens (including phenoxy) is 3. The van der Waals surface area contributed by atoms with Crippen molar-refractivity contribution >= 4 is 43.6 Å². The second-order valence-corrected chi connectivity index (χ2v) is 46.8. The monoisotopic (exact) mass is 1120 g/mol. The van der Waals surface area contributed by atoms with Gasteiger partial charge in [0.05, 0.1) is 38.1 Å². The SMILES string of the molecule is C=C(/C=C(\C)[C@@H](C)[C@H](C[C@H](O[Si](C)(C)C(C)(C)C)[C@@H](C)CO[Si](C)(C)C(C)(C)C)O[Si](C)(C)C(C)(C)C)[C@@H](O)[C@@H](OCc1ccc(OC)cc1)[C@H]1C[C@@H](C)[C@H](CCO[Si](c2ccccc2)(c2ccccc2)C(C)(C)C)O1. The molecule has 4 rings (SSSR count). The lowest BCUT2D eigenvalue weighted by atomic mass is 9.87. The quantitative estimate of drug-likeness (QED) is 0.0629. The van der Waals surface area contributed by atoms with Gasteiger partial charge in [-0.3, -0.25) is 0 Å². The van der Waals surface area contributed by atoms with Crippen LogP contribution >= 0.6 is 0 Å². The number of hydrogen-bond acceptors (Lipinski definition) is 8. The van der Waals surface area contributed by atoms with Gasteiger partial charge in [-0.25, -0.2) is 0 Å². The molecule has 3 aromatic rings. The van der Waals surface area contributed by atoms with E-state index in [-0.39, 0.29) is 62.3 Å². The summed E-state index contributed by atoms with van der Waals surface area (Å²) in [5, 5.41) is 15.1. The summed E-state index contributed by atoms with van der Waals surface area (Å²) >= 11 is 0. The Morgan fingerprint density at radius 1 is 0.697 bits per heavy atom. The van der Waals surface area contributed by atoms with Crippen LogP contribution in [0.4, 0.5) is 0 Å². The zero-order chi connectivity index (χ0) is 57.5. The Morgan fingerprint density at radius 3 is 1.64 bits per heavy atom. The lowest BCUT2D eigenvalue weighted by Crippen LogP contribution is -2.66. The zero-order valence-electron chi connectivity index (χ0n) is 52.1. The van der Waals surface area contributed by atoms with E-state index in [1.807, 2.05) is 24.3 Å². The largest absolute Gasteiger partial charge is 0.497 e. The first kappa shape index (κ1) is 66.0. The van der Waals surface area contributed by atoms with Gasteiger partial charge in [-0.05, 0) is 125 Å². The van der Waals surface area contributed by atoms with E-state index in [0.717, 1.165) is 36.1 Å². The molecule has 9 atom stereocenters. The van der Waals surface area contributed by atoms with Crippen molar-refractivity contribution in [2.45, 2.75) is 233 Å². The normalized spacial score (nSPS) is 20.2. The van der Waals surface area contributed by atoms with Crippen molar-refractivity contribution in [3.05, 3.63) is 114 Å². The van der Waals surface area contributed by atoms with Gasteiger partial charge in [0.15, 0.2) is 25.0 Å². The standard InChI is InChI=1S/C64H108O8Si4/c1-46(50(5)57(72-75(23,24)63(12,13)14)43-56(71-74(21,22)62(9,10)11)49(4)44-69-73(19,20)61(6,7)8)41-48(3)59(65)60(67-45-51-35-37-52(66-18)38-36-51)58-42-47(2)55(70-58)39-40-68-76(64(15,16)17,53-31-27-25-28-32-53)54-33-29-26-30-34-54/h25-38,41,47,49-50,55-60,65H,3,39-40,42-45H2,1-2,4-24H3/b46-41+/t47-,49+,50-,55+,56+,57+,58-,59-,60+/m1/s1. The van der Waals surface area contributed by atoms with Crippen molar-refractivity contribution in [3.8, 4) is 5.75 Å². The molecule has 0 radical (unpaired) electrons. The van der Waals surface area contributed by atoms with E-state index < -0.39 is 45.5 Å². The molecule has 0 saturated carbocycles. The molecular weight excluding hydrogens is 1010 g/mol. The molecular formula is C64H108O8Si4. The summed E-state index contributed by atoms with van der Waals surface area (Å²) in [5.41, 5.74) is 2.67. The van der Waals surface area contributed by atoms with E-state index in [1.54, 1.807) is 7.11 Å². The molecule has 76 heavy (non-hydrogen) atoms. The van der Waals surface area contributed by atoms with Crippen molar-refractivity contribution < 1.29 is 37.0 Å². The summed E-state index contributed by atoms with van der Waals surface area (Å²) in [5.74, 6) is 1.12. The third kappa shape index (κ3) is 16.8. The molecule has 0 aromatic heterocycles. The zero-order valence-corrected chi connectivity index (χ0v) is 56.1. The Morgan fingerprint density at radius 2 is 1.18 bits per heavy atom. The summed E-state index contributed by atoms with van der Waals surface area (Å²) in [6.07, 6.45) is 1.86. The molecule has 0 amide bonds. The lowest BCUT2D eigenvalue weighted by Gasteiger charge is -2.45. The maximum Gasteiger partial charge on any atom is 0.261 e. The van der Waals surface area contributed by atoms with E-state index in [2.05, 4.69) is 223 Å². The third-order valence-corrected chi connectivity index (χ3v) is 36.7. The fourth-order valence-electron chi connectivity index (χ4n) is 9.67. The molecule has 1 saturated heterocycles. The van der Waals surface area contributed by atoms with Crippen LogP contribution in [-0.2, 0) is 33.8 Å². The summed E-state index contributed by atoms with van der Waals surface area (Å²) < 4.78 is 48.6. The van der Waals surface area contributed by atoms with Gasteiger partial charge in [0, 0.05) is 25.0 Å². The predicted octanol–water partition coefficient (Wildman–Crippen LogP) is 15.7. The molecule has 1 aliphatic rings. The predicted molar refractivity (Wildman–Crippen MR) is 331 cm³/mol. The van der Waals surface area contributed by atoms with Crippen molar-refractivity contribution in [2.24, 2.45) is 17.8 Å². The third-order valence-electron chi connectivity index (χ3n) is 18.2. The molecule has 428 valence electrons. The Hall–Kier alpha value is -2.47. The molecule has 12 heteroatoms. The molecule has 1 fully saturated rings. The maximum absolute atomic E-state index is 12.6. The van der Waals surface area contributed by atoms with Crippen molar-refractivity contribution in [2.75, 3.05) is 20.3 Å². The van der Waals surface area contributed by atoms with Crippen LogP contribution in [0.25, 0.3) is 0 Å². The minimum Gasteiger partial charge on any atom is -0.497 e. The molecule has 1 heterocycles. The van der Waals surface area contributed by atoms with Gasteiger partial charge in [0.1, 0.15) is 18.0 Å². The van der Waals surface area contributed by atoms with Gasteiger partial charge < -0.3 is 37.0 Å². The van der Waals surface area contributed by atoms with Gasteiger partial charge >= 0.3 is 0 Å². The van der Waals surface area contributed by atoms with Crippen LogP contribution in [0.2, 0.25) is 59.4 Å². The smallest absolute Gasteiger partial charge is 0.261 e. The first-order valence-corrected chi connectivity index (χ1v) is 39.2. The molecule has 8 nitrogen and oxygen atoms in total. The van der Waals surface area contributed by atoms with Gasteiger partial charge in [0.2, 0.25) is 0 Å². The summed E-state index contributed by atoms with van der Waals surface area (Å²) in [6, 6.07) is 29.5. The highest BCUT2D eigenvalue weighted by molar-refractivity contribution is 6.99. The molecule has 0 unspecified atom stereocenters. The number of hydrogen-bond donors (Lipinski definition) is 1. The molecule has 0 spiro atoms. The average molecular weight is 1120 g/mol. The highest BCUT2D eigenvalue weighted by atomic mass is 28.4. The van der Waals surface area contributed by atoms with Gasteiger partial charge in [-0.15, -0.1) is 0 Å². The van der Waals surface area contributed by atoms with Crippen molar-refractivity contribution in [3.63, 3.8) is 0 Å². The van der Waals surface area contributed by atoms with Crippen LogP contribution in [0.3, 0.4) is 0 Å². The van der Waals surface area contributed by atoms with E-state index in [0.29, 0.717) is 25.4 Å². The van der Waals surface area contributed by atoms with Crippen LogP contribution in [0, 0.1) is 17.8 Å². The molecule has 1 aliphatic heterocycles. The van der Waals surface area contributed by atoms with Crippen LogP contribution < -0.4 is 15.1 Å². The van der Waals surface area contributed by atoms with Crippen LogP contribution in [-0.4, -0.2) is 95.3 Å². The molecule has 0 aliphatic carbocycles. The summed E-state index contributed by atoms with van der Waals surface area (Å²) in [6.45, 7) is 56.9. The van der Waals surface area contributed by atoms with Crippen LogP contribution in [0.5, 0.6) is 5.75 Å². The summed E-state index contributed by atoms with van der Waals surface area (Å²) in [7, 11) is -7.60. The second kappa shape index (κ2) is 26.4. The minimum atomic E-state index is -2.74. The first-order chi connectivity index (χ1) is 34.9. The van der Waals surface area contributed by atoms with E-state index in [9.17, 15) is 5.11 Å². The number of aliphatic hydroxyl groups excluding tert-OH is 1.